The van der Waals surface area contributed by atoms with Crippen molar-refractivity contribution in [3.05, 3.63) is 24.4 Å². The van der Waals surface area contributed by atoms with Gasteiger partial charge in [-0.15, -0.1) is 10.2 Å². The Labute approximate surface area is 83.5 Å². The van der Waals surface area contributed by atoms with Crippen molar-refractivity contribution in [2.45, 2.75) is 6.42 Å². The Balaban J connectivity index is 2.23. The van der Waals surface area contributed by atoms with Crippen LogP contribution in [0.3, 0.4) is 0 Å². The van der Waals surface area contributed by atoms with Gasteiger partial charge in [0.25, 0.3) is 0 Å². The van der Waals surface area contributed by atoms with Gasteiger partial charge in [-0.2, -0.15) is 0 Å². The summed E-state index contributed by atoms with van der Waals surface area (Å²) in [7, 11) is 0. The molecule has 0 spiro atoms. The number of rotatable bonds is 3. The third-order valence-corrected chi connectivity index (χ3v) is 2.02. The van der Waals surface area contributed by atoms with Crippen molar-refractivity contribution < 1.29 is 4.42 Å². The number of aromatic nitrogens is 3. The Morgan fingerprint density at radius 3 is 3.08 bits per heavy atom. The van der Waals surface area contributed by atoms with Gasteiger partial charge < -0.3 is 9.40 Å². The zero-order chi connectivity index (χ0) is 9.10. The van der Waals surface area contributed by atoms with E-state index in [-0.39, 0.29) is 0 Å². The summed E-state index contributed by atoms with van der Waals surface area (Å²) in [5.74, 6) is 1.23. The molecule has 0 atom stereocenters. The lowest BCUT2D eigenvalue weighted by atomic mass is 10.3. The number of hydrogen-bond donors (Lipinski definition) is 1. The summed E-state index contributed by atoms with van der Waals surface area (Å²) in [6, 6.07) is 1.89. The van der Waals surface area contributed by atoms with Crippen LogP contribution in [-0.2, 0) is 6.42 Å². The van der Waals surface area contributed by atoms with Crippen LogP contribution in [0.5, 0.6) is 0 Å². The minimum atomic E-state index is 0.567. The standard InChI is InChI=1S/C8H8BrN3O/c9-3-1-7-11-12-8(13-7)6-2-4-10-5-6/h2,4-5,10H,1,3H2. The van der Waals surface area contributed by atoms with E-state index in [2.05, 4.69) is 31.1 Å². The van der Waals surface area contributed by atoms with E-state index < -0.39 is 0 Å². The average molecular weight is 242 g/mol. The molecule has 0 aromatic carbocycles. The lowest BCUT2D eigenvalue weighted by molar-refractivity contribution is 0.514. The van der Waals surface area contributed by atoms with Gasteiger partial charge in [0, 0.05) is 24.1 Å². The molecule has 2 aromatic heterocycles. The first-order chi connectivity index (χ1) is 6.40. The topological polar surface area (TPSA) is 54.7 Å². The molecule has 0 aliphatic rings. The van der Waals surface area contributed by atoms with Crippen LogP contribution in [-0.4, -0.2) is 20.5 Å². The highest BCUT2D eigenvalue weighted by atomic mass is 79.9. The molecule has 0 amide bonds. The fraction of sp³-hybridized carbons (Fsp3) is 0.250. The zero-order valence-corrected chi connectivity index (χ0v) is 8.41. The molecule has 13 heavy (non-hydrogen) atoms. The average Bonchev–Trinajstić information content (AvgIpc) is 2.70. The maximum absolute atomic E-state index is 5.40. The zero-order valence-electron chi connectivity index (χ0n) is 6.83. The highest BCUT2D eigenvalue weighted by Gasteiger charge is 2.07. The van der Waals surface area contributed by atoms with Gasteiger partial charge in [-0.3, -0.25) is 0 Å². The summed E-state index contributed by atoms with van der Waals surface area (Å²) in [4.78, 5) is 2.93. The first-order valence-electron chi connectivity index (χ1n) is 3.91. The molecule has 4 nitrogen and oxygen atoms in total. The molecular formula is C8H8BrN3O. The summed E-state index contributed by atoms with van der Waals surface area (Å²) in [5, 5.41) is 8.66. The first kappa shape index (κ1) is 8.50. The second-order valence-corrected chi connectivity index (χ2v) is 3.33. The summed E-state index contributed by atoms with van der Waals surface area (Å²) in [6.07, 6.45) is 4.41. The van der Waals surface area contributed by atoms with Crippen LogP contribution in [0.25, 0.3) is 11.5 Å². The molecule has 0 aliphatic carbocycles. The van der Waals surface area contributed by atoms with E-state index >= 15 is 0 Å². The van der Waals surface area contributed by atoms with Crippen molar-refractivity contribution in [1.82, 2.24) is 15.2 Å². The van der Waals surface area contributed by atoms with E-state index in [4.69, 9.17) is 4.42 Å². The molecule has 0 radical (unpaired) electrons. The Bertz CT molecular complexity index is 368. The number of aryl methyl sites for hydroxylation is 1. The number of nitrogens with zero attached hydrogens (tertiary/aromatic N) is 2. The maximum atomic E-state index is 5.40. The quantitative estimate of drug-likeness (QED) is 0.837. The van der Waals surface area contributed by atoms with Crippen molar-refractivity contribution in [2.24, 2.45) is 0 Å². The van der Waals surface area contributed by atoms with E-state index in [0.717, 1.165) is 17.3 Å². The third kappa shape index (κ3) is 1.80. The molecule has 2 heterocycles. The second-order valence-electron chi connectivity index (χ2n) is 2.54. The lowest BCUT2D eigenvalue weighted by Crippen LogP contribution is -1.83. The van der Waals surface area contributed by atoms with Crippen LogP contribution in [0.2, 0.25) is 0 Å². The summed E-state index contributed by atoms with van der Waals surface area (Å²) < 4.78 is 5.40. The highest BCUT2D eigenvalue weighted by molar-refractivity contribution is 9.09. The van der Waals surface area contributed by atoms with Crippen molar-refractivity contribution in [3.63, 3.8) is 0 Å². The van der Waals surface area contributed by atoms with Gasteiger partial charge in [0.05, 0.1) is 5.56 Å². The summed E-state index contributed by atoms with van der Waals surface area (Å²) in [5.41, 5.74) is 0.924. The number of hydrogen-bond acceptors (Lipinski definition) is 3. The van der Waals surface area contributed by atoms with Crippen molar-refractivity contribution in [2.75, 3.05) is 5.33 Å². The Morgan fingerprint density at radius 1 is 1.46 bits per heavy atom. The van der Waals surface area contributed by atoms with E-state index in [1.165, 1.54) is 0 Å². The van der Waals surface area contributed by atoms with E-state index in [9.17, 15) is 0 Å². The molecule has 1 N–H and O–H groups in total. The third-order valence-electron chi connectivity index (χ3n) is 1.62. The maximum Gasteiger partial charge on any atom is 0.249 e. The molecule has 5 heteroatoms. The second kappa shape index (κ2) is 3.74. The summed E-state index contributed by atoms with van der Waals surface area (Å²) >= 11 is 3.31. The fourth-order valence-corrected chi connectivity index (χ4v) is 1.35. The molecule has 0 saturated carbocycles. The van der Waals surface area contributed by atoms with Gasteiger partial charge in [-0.25, -0.2) is 0 Å². The molecule has 0 aliphatic heterocycles. The smallest absolute Gasteiger partial charge is 0.249 e. The Hall–Kier alpha value is -1.10. The minimum Gasteiger partial charge on any atom is -0.421 e. The summed E-state index contributed by atoms with van der Waals surface area (Å²) in [6.45, 7) is 0. The van der Waals surface area contributed by atoms with Gasteiger partial charge in [0.15, 0.2) is 0 Å². The van der Waals surface area contributed by atoms with Gasteiger partial charge >= 0.3 is 0 Å². The number of nitrogens with one attached hydrogen (secondary N) is 1. The van der Waals surface area contributed by atoms with Gasteiger partial charge in [0.2, 0.25) is 11.8 Å². The highest BCUT2D eigenvalue weighted by Crippen LogP contribution is 2.16. The van der Waals surface area contributed by atoms with Crippen LogP contribution >= 0.6 is 15.9 Å². The molecule has 0 saturated heterocycles. The Morgan fingerprint density at radius 2 is 2.38 bits per heavy atom. The number of H-pyrrole nitrogens is 1. The Kier molecular flexibility index (Phi) is 2.44. The SMILES string of the molecule is BrCCc1nnc(-c2cc[nH]c2)o1. The molecule has 2 aromatic rings. The largest absolute Gasteiger partial charge is 0.421 e. The van der Waals surface area contributed by atoms with Crippen molar-refractivity contribution in [1.29, 1.82) is 0 Å². The van der Waals surface area contributed by atoms with Crippen LogP contribution in [0, 0.1) is 0 Å². The number of aromatic amines is 1. The van der Waals surface area contributed by atoms with E-state index in [1.54, 1.807) is 0 Å². The molecular weight excluding hydrogens is 234 g/mol. The predicted octanol–water partition coefficient (Wildman–Crippen LogP) is 2.00. The van der Waals surface area contributed by atoms with Gasteiger partial charge in [-0.05, 0) is 6.07 Å². The van der Waals surface area contributed by atoms with Gasteiger partial charge in [0.1, 0.15) is 0 Å². The van der Waals surface area contributed by atoms with Gasteiger partial charge in [-0.1, -0.05) is 15.9 Å². The fourth-order valence-electron chi connectivity index (χ4n) is 1.01. The number of alkyl halides is 1. The molecule has 0 unspecified atom stereocenters. The van der Waals surface area contributed by atoms with Crippen LogP contribution in [0.4, 0.5) is 0 Å². The monoisotopic (exact) mass is 241 g/mol. The van der Waals surface area contributed by atoms with Crippen molar-refractivity contribution >= 4 is 15.9 Å². The minimum absolute atomic E-state index is 0.567. The van der Waals surface area contributed by atoms with Crippen LogP contribution < -0.4 is 0 Å². The van der Waals surface area contributed by atoms with E-state index in [1.807, 2.05) is 18.5 Å². The van der Waals surface area contributed by atoms with Crippen LogP contribution in [0.1, 0.15) is 5.89 Å². The molecule has 0 fully saturated rings. The lowest BCUT2D eigenvalue weighted by Gasteiger charge is -1.86. The number of halogens is 1. The van der Waals surface area contributed by atoms with Crippen LogP contribution in [0.15, 0.2) is 22.9 Å². The normalized spacial score (nSPS) is 10.5. The first-order valence-corrected chi connectivity index (χ1v) is 5.04. The predicted molar refractivity (Wildman–Crippen MR) is 51.6 cm³/mol. The van der Waals surface area contributed by atoms with Crippen molar-refractivity contribution in [3.8, 4) is 11.5 Å². The molecule has 2 rings (SSSR count). The molecule has 0 bridgehead atoms. The molecule has 68 valence electrons. The van der Waals surface area contributed by atoms with E-state index in [0.29, 0.717) is 11.8 Å².